The maximum absolute atomic E-state index is 14.6. The highest BCUT2D eigenvalue weighted by Gasteiger charge is 2.35. The number of carboxylic acids is 1. The number of aromatic hydroxyl groups is 1. The molecule has 3 aromatic carbocycles. The Balaban J connectivity index is 1.96. The molecule has 9 atom stereocenters. The maximum Gasteiger partial charge on any atom is 0.305 e. The number of amides is 10. The summed E-state index contributed by atoms with van der Waals surface area (Å²) < 4.78 is 0. The lowest BCUT2D eigenvalue weighted by Gasteiger charge is -2.28. The van der Waals surface area contributed by atoms with Gasteiger partial charge in [-0.3, -0.25) is 52.7 Å². The van der Waals surface area contributed by atoms with Crippen molar-refractivity contribution in [3.05, 3.63) is 102 Å². The molecule has 0 saturated carbocycles. The molecule has 0 saturated heterocycles. The molecule has 0 radical (unpaired) electrons. The third-order valence-electron chi connectivity index (χ3n) is 13.5. The number of hydrogen-bond acceptors (Lipinski definition) is 16. The topological polar surface area (TPSA) is 441 Å². The van der Waals surface area contributed by atoms with Crippen molar-refractivity contribution in [3.63, 3.8) is 0 Å². The van der Waals surface area contributed by atoms with Gasteiger partial charge < -0.3 is 81.0 Å². The summed E-state index contributed by atoms with van der Waals surface area (Å²) in [5.74, 6) is -9.51. The van der Waals surface area contributed by atoms with Gasteiger partial charge in [-0.15, -0.1) is 0 Å². The fourth-order valence-electron chi connectivity index (χ4n) is 8.80. The first-order valence-electron chi connectivity index (χ1n) is 28.7. The number of primary amides is 1. The van der Waals surface area contributed by atoms with Gasteiger partial charge in [-0.05, 0) is 118 Å². The molecule has 27 heteroatoms. The van der Waals surface area contributed by atoms with Gasteiger partial charge in [0.05, 0.1) is 19.0 Å². The Labute approximate surface area is 505 Å². The summed E-state index contributed by atoms with van der Waals surface area (Å²) in [6.45, 7) is 4.90. The summed E-state index contributed by atoms with van der Waals surface area (Å²) in [6.07, 6.45) is 2.36. The summed E-state index contributed by atoms with van der Waals surface area (Å²) >= 11 is 1.45. The molecule has 0 aliphatic rings. The van der Waals surface area contributed by atoms with Gasteiger partial charge in [-0.2, -0.15) is 11.8 Å². The number of carbonyl (C=O) groups is 11. The van der Waals surface area contributed by atoms with E-state index in [1.54, 1.807) is 60.7 Å². The van der Waals surface area contributed by atoms with Crippen LogP contribution in [0.3, 0.4) is 0 Å². The molecule has 86 heavy (non-hydrogen) atoms. The van der Waals surface area contributed by atoms with E-state index in [2.05, 4.69) is 47.9 Å². The molecule has 0 spiro atoms. The van der Waals surface area contributed by atoms with Crippen LogP contribution in [0.5, 0.6) is 5.75 Å². The highest BCUT2D eigenvalue weighted by Crippen LogP contribution is 2.15. The number of thioether (sulfide) groups is 1. The number of nitrogens with one attached hydrogen (secondary N) is 9. The van der Waals surface area contributed by atoms with Gasteiger partial charge in [0.2, 0.25) is 59.1 Å². The van der Waals surface area contributed by atoms with E-state index >= 15 is 0 Å². The lowest BCUT2D eigenvalue weighted by atomic mass is 10.0. The lowest BCUT2D eigenvalue weighted by Crippen LogP contribution is -2.60. The van der Waals surface area contributed by atoms with Gasteiger partial charge in [0.15, 0.2) is 0 Å². The minimum absolute atomic E-state index is 0.0853. The summed E-state index contributed by atoms with van der Waals surface area (Å²) in [7, 11) is 0. The van der Waals surface area contributed by atoms with E-state index in [-0.39, 0.29) is 69.6 Å². The van der Waals surface area contributed by atoms with E-state index in [0.717, 1.165) is 0 Å². The first-order valence-corrected chi connectivity index (χ1v) is 30.0. The molecule has 3 rings (SSSR count). The molecule has 19 N–H and O–H groups in total. The van der Waals surface area contributed by atoms with E-state index in [4.69, 9.17) is 22.9 Å². The molecule has 472 valence electrons. The fraction of sp³-hybridized carbons (Fsp3) is 0.508. The normalized spacial score (nSPS) is 14.2. The SMILES string of the molecule is CSCC[C@H](NC(=O)[C@H](CC(C)C)NC(=O)CNC(=O)[C@H](Cc1ccc(O)cc1)NC(=O)[C@H](Cc1ccccc1)NC(=O)[C@H](CCCCN)NC(=O)[C@H](CC(=O)O)NC(=O)[C@H](Cc1ccccc1)NC(=O)[C@H](CCCCN)NC(=O)[C@H](C)N)C(N)=O. The summed E-state index contributed by atoms with van der Waals surface area (Å²) in [5.41, 5.74) is 24.4. The molecule has 0 fully saturated rings. The average molecular weight is 1220 g/mol. The smallest absolute Gasteiger partial charge is 0.305 e. The Morgan fingerprint density at radius 1 is 0.477 bits per heavy atom. The number of unbranched alkanes of at least 4 members (excludes halogenated alkanes) is 2. The second-order valence-electron chi connectivity index (χ2n) is 21.3. The minimum atomic E-state index is -1.84. The fourth-order valence-corrected chi connectivity index (χ4v) is 9.27. The molecule has 10 amide bonds. The Hall–Kier alpha value is -8.14. The van der Waals surface area contributed by atoms with Gasteiger partial charge in [0, 0.05) is 19.3 Å². The van der Waals surface area contributed by atoms with Crippen LogP contribution < -0.4 is 70.8 Å². The molecule has 26 nitrogen and oxygen atoms in total. The zero-order valence-corrected chi connectivity index (χ0v) is 50.1. The number of carbonyl (C=O) groups excluding carboxylic acids is 10. The van der Waals surface area contributed by atoms with Crippen molar-refractivity contribution in [2.45, 2.75) is 152 Å². The molecule has 3 aromatic rings. The van der Waals surface area contributed by atoms with Crippen molar-refractivity contribution < 1.29 is 63.0 Å². The van der Waals surface area contributed by atoms with Crippen LogP contribution in [0, 0.1) is 5.92 Å². The standard InChI is InChI=1S/C59H87N13O13S/c1-35(2)29-44(56(82)66-41(51(63)77)25-28-86-4)65-49(74)34-64-53(79)45(32-39-21-23-40(73)24-22-39)69-57(83)46(30-37-15-7-5-8-16-37)71-55(81)43(20-12-14-27-61)68-59(85)48(33-50(75)76)72-58(84)47(31-38-17-9-6-10-18-38)70-54(80)42(19-11-13-26-60)67-52(78)36(3)62/h5-10,15-18,21-24,35-36,41-48,73H,11-14,19-20,25-34,60-62H2,1-4H3,(H2,63,77)(H,64,79)(H,65,74)(H,66,82)(H,67,78)(H,68,85)(H,69,83)(H,70,80)(H,71,81)(H,72,84)(H,75,76)/t36-,41-,42-,43-,44-,45-,46-,47-,48-/m0/s1. The van der Waals surface area contributed by atoms with Crippen LogP contribution in [0.25, 0.3) is 0 Å². The second-order valence-corrected chi connectivity index (χ2v) is 22.3. The molecule has 0 heterocycles. The number of carboxylic acid groups (broad SMARTS) is 1. The Morgan fingerprint density at radius 3 is 1.30 bits per heavy atom. The zero-order valence-electron chi connectivity index (χ0n) is 49.3. The Kier molecular flexibility index (Phi) is 32.5. The third kappa shape index (κ3) is 27.3. The first kappa shape index (κ1) is 72.1. The number of phenols is 1. The number of aliphatic carboxylic acids is 1. The minimum Gasteiger partial charge on any atom is -0.508 e. The van der Waals surface area contributed by atoms with Crippen LogP contribution in [0.2, 0.25) is 0 Å². The number of nitrogens with two attached hydrogens (primary N) is 4. The van der Waals surface area contributed by atoms with Gasteiger partial charge in [0.1, 0.15) is 54.1 Å². The van der Waals surface area contributed by atoms with Crippen LogP contribution >= 0.6 is 11.8 Å². The third-order valence-corrected chi connectivity index (χ3v) is 14.1. The number of hydrogen-bond donors (Lipinski definition) is 15. The van der Waals surface area contributed by atoms with Gasteiger partial charge in [-0.1, -0.05) is 86.6 Å². The van der Waals surface area contributed by atoms with Gasteiger partial charge >= 0.3 is 5.97 Å². The van der Waals surface area contributed by atoms with Crippen LogP contribution in [-0.2, 0) is 72.0 Å². The summed E-state index contributed by atoms with van der Waals surface area (Å²) in [6, 6.07) is 10.8. The first-order chi connectivity index (χ1) is 40.9. The largest absolute Gasteiger partial charge is 0.508 e. The van der Waals surface area contributed by atoms with Crippen LogP contribution in [-0.4, -0.2) is 161 Å². The molecular weight excluding hydrogens is 1130 g/mol. The van der Waals surface area contributed by atoms with E-state index in [0.29, 0.717) is 48.3 Å². The zero-order chi connectivity index (χ0) is 63.7. The quantitative estimate of drug-likeness (QED) is 0.0297. The van der Waals surface area contributed by atoms with Crippen molar-refractivity contribution in [3.8, 4) is 5.75 Å². The molecule has 0 aliphatic heterocycles. The van der Waals surface area contributed by atoms with Gasteiger partial charge in [-0.25, -0.2) is 0 Å². The van der Waals surface area contributed by atoms with E-state index in [1.807, 2.05) is 20.1 Å². The van der Waals surface area contributed by atoms with Crippen molar-refractivity contribution in [2.75, 3.05) is 31.6 Å². The monoisotopic (exact) mass is 1220 g/mol. The van der Waals surface area contributed by atoms with E-state index in [1.165, 1.54) is 43.0 Å². The van der Waals surface area contributed by atoms with Crippen LogP contribution in [0.4, 0.5) is 0 Å². The predicted molar refractivity (Wildman–Crippen MR) is 324 cm³/mol. The van der Waals surface area contributed by atoms with Crippen molar-refractivity contribution >= 4 is 76.8 Å². The number of phenolic OH excluding ortho intramolecular Hbond substituents is 1. The molecule has 0 bridgehead atoms. The van der Waals surface area contributed by atoms with Crippen LogP contribution in [0.15, 0.2) is 84.9 Å². The Bertz CT molecular complexity index is 2690. The molecular formula is C59H87N13O13S. The van der Waals surface area contributed by atoms with Crippen molar-refractivity contribution in [1.82, 2.24) is 47.9 Å². The number of benzene rings is 3. The number of rotatable bonds is 40. The predicted octanol–water partition coefficient (Wildman–Crippen LogP) is -1.22. The highest BCUT2D eigenvalue weighted by atomic mass is 32.2. The maximum atomic E-state index is 14.6. The molecule has 0 unspecified atom stereocenters. The lowest BCUT2D eigenvalue weighted by molar-refractivity contribution is -0.141. The highest BCUT2D eigenvalue weighted by molar-refractivity contribution is 7.98. The Morgan fingerprint density at radius 2 is 0.872 bits per heavy atom. The summed E-state index contributed by atoms with van der Waals surface area (Å²) in [4.78, 5) is 150. The van der Waals surface area contributed by atoms with Crippen molar-refractivity contribution in [1.29, 1.82) is 0 Å². The molecule has 0 aromatic heterocycles. The van der Waals surface area contributed by atoms with Crippen molar-refractivity contribution in [2.24, 2.45) is 28.9 Å². The van der Waals surface area contributed by atoms with Gasteiger partial charge in [0.25, 0.3) is 0 Å². The molecule has 0 aliphatic carbocycles. The van der Waals surface area contributed by atoms with E-state index in [9.17, 15) is 63.0 Å². The van der Waals surface area contributed by atoms with Crippen LogP contribution in [0.1, 0.15) is 95.2 Å². The average Bonchev–Trinajstić information content (AvgIpc) is 3.66. The van der Waals surface area contributed by atoms with E-state index < -0.39 is 132 Å². The second kappa shape index (κ2) is 38.7. The summed E-state index contributed by atoms with van der Waals surface area (Å²) in [5, 5.41) is 43.4.